The number of aromatic nitrogens is 2. The van der Waals surface area contributed by atoms with Crippen LogP contribution in [0.3, 0.4) is 0 Å². The lowest BCUT2D eigenvalue weighted by Crippen LogP contribution is -1.90. The number of aliphatic hydroxyl groups excluding tert-OH is 1. The zero-order chi connectivity index (χ0) is 11.4. The largest absolute Gasteiger partial charge is 0.392 e. The molecule has 0 bridgehead atoms. The van der Waals surface area contributed by atoms with E-state index in [4.69, 9.17) is 16.7 Å². The molecule has 2 rings (SSSR count). The van der Waals surface area contributed by atoms with Crippen molar-refractivity contribution in [1.82, 2.24) is 9.97 Å². The van der Waals surface area contributed by atoms with Gasteiger partial charge in [-0.3, -0.25) is 0 Å². The first-order valence-electron chi connectivity index (χ1n) is 4.64. The Bertz CT molecular complexity index is 476. The summed E-state index contributed by atoms with van der Waals surface area (Å²) >= 11 is 7.15. The molecule has 1 N–H and O–H groups in total. The first-order valence-corrected chi connectivity index (χ1v) is 5.83. The lowest BCUT2D eigenvalue weighted by atomic mass is 10.3. The fourth-order valence-electron chi connectivity index (χ4n) is 1.16. The lowest BCUT2D eigenvalue weighted by Gasteiger charge is -2.04. The second kappa shape index (κ2) is 5.30. The predicted molar refractivity (Wildman–Crippen MR) is 63.5 cm³/mol. The van der Waals surface area contributed by atoms with Crippen molar-refractivity contribution in [2.75, 3.05) is 0 Å². The number of hydrogen-bond donors (Lipinski definition) is 1. The Morgan fingerprint density at radius 2 is 2.12 bits per heavy atom. The number of halogens is 1. The van der Waals surface area contributed by atoms with E-state index in [1.165, 1.54) is 11.8 Å². The first kappa shape index (κ1) is 11.4. The third-order valence-corrected chi connectivity index (χ3v) is 3.16. The zero-order valence-electron chi connectivity index (χ0n) is 8.30. The highest BCUT2D eigenvalue weighted by Crippen LogP contribution is 2.27. The maximum Gasteiger partial charge on any atom is 0.108 e. The van der Waals surface area contributed by atoms with Crippen LogP contribution in [0.15, 0.2) is 46.7 Å². The summed E-state index contributed by atoms with van der Waals surface area (Å²) in [6, 6.07) is 7.23. The van der Waals surface area contributed by atoms with Gasteiger partial charge in [-0.1, -0.05) is 17.7 Å². The molecule has 16 heavy (non-hydrogen) atoms. The minimum atomic E-state index is -0.0240. The third-order valence-electron chi connectivity index (χ3n) is 1.92. The first-order chi connectivity index (χ1) is 7.79. The molecular formula is C11H9ClN2OS. The second-order valence-electron chi connectivity index (χ2n) is 3.04. The Morgan fingerprint density at radius 1 is 1.25 bits per heavy atom. The minimum Gasteiger partial charge on any atom is -0.392 e. The highest BCUT2D eigenvalue weighted by molar-refractivity contribution is 7.99. The smallest absolute Gasteiger partial charge is 0.108 e. The number of rotatable bonds is 3. The number of pyridine rings is 2. The van der Waals surface area contributed by atoms with Gasteiger partial charge in [0.25, 0.3) is 0 Å². The van der Waals surface area contributed by atoms with Gasteiger partial charge in [0, 0.05) is 18.0 Å². The van der Waals surface area contributed by atoms with E-state index in [1.54, 1.807) is 24.5 Å². The molecule has 0 aliphatic heterocycles. The molecule has 0 unspecified atom stereocenters. The Balaban J connectivity index is 2.23. The second-order valence-corrected chi connectivity index (χ2v) is 4.49. The van der Waals surface area contributed by atoms with Crippen LogP contribution in [0.2, 0.25) is 5.02 Å². The molecule has 0 fully saturated rings. The summed E-state index contributed by atoms with van der Waals surface area (Å²) in [7, 11) is 0. The molecule has 2 heterocycles. The molecular weight excluding hydrogens is 244 g/mol. The summed E-state index contributed by atoms with van der Waals surface area (Å²) in [6.45, 7) is -0.0240. The molecule has 0 radical (unpaired) electrons. The minimum absolute atomic E-state index is 0.0240. The fourth-order valence-corrected chi connectivity index (χ4v) is 2.09. The van der Waals surface area contributed by atoms with Gasteiger partial charge < -0.3 is 5.11 Å². The van der Waals surface area contributed by atoms with Crippen molar-refractivity contribution in [2.45, 2.75) is 16.7 Å². The van der Waals surface area contributed by atoms with Crippen molar-refractivity contribution < 1.29 is 5.11 Å². The molecule has 5 heteroatoms. The Morgan fingerprint density at radius 3 is 2.81 bits per heavy atom. The van der Waals surface area contributed by atoms with Gasteiger partial charge in [-0.05, 0) is 30.0 Å². The lowest BCUT2D eigenvalue weighted by molar-refractivity contribution is 0.278. The van der Waals surface area contributed by atoms with Crippen LogP contribution < -0.4 is 0 Å². The van der Waals surface area contributed by atoms with Gasteiger partial charge in [-0.2, -0.15) is 0 Å². The summed E-state index contributed by atoms with van der Waals surface area (Å²) in [4.78, 5) is 8.36. The van der Waals surface area contributed by atoms with Gasteiger partial charge in [0.05, 0.1) is 11.6 Å². The van der Waals surface area contributed by atoms with E-state index in [1.807, 2.05) is 12.1 Å². The topological polar surface area (TPSA) is 46.0 Å². The van der Waals surface area contributed by atoms with Gasteiger partial charge in [0.15, 0.2) is 0 Å². The maximum absolute atomic E-state index is 9.15. The van der Waals surface area contributed by atoms with Gasteiger partial charge in [-0.15, -0.1) is 0 Å². The highest BCUT2D eigenvalue weighted by Gasteiger charge is 2.05. The quantitative estimate of drug-likeness (QED) is 0.913. The summed E-state index contributed by atoms with van der Waals surface area (Å²) < 4.78 is 0. The van der Waals surface area contributed by atoms with Crippen molar-refractivity contribution >= 4 is 23.4 Å². The van der Waals surface area contributed by atoms with E-state index in [9.17, 15) is 0 Å². The molecule has 3 nitrogen and oxygen atoms in total. The molecule has 0 spiro atoms. The van der Waals surface area contributed by atoms with Crippen LogP contribution in [0, 0.1) is 0 Å². The SMILES string of the molecule is OCc1cccnc1Sc1ccc(Cl)cn1. The number of nitrogens with zero attached hydrogens (tertiary/aromatic N) is 2. The molecule has 0 amide bonds. The molecule has 0 saturated heterocycles. The van der Waals surface area contributed by atoms with E-state index >= 15 is 0 Å². The van der Waals surface area contributed by atoms with Gasteiger partial charge in [-0.25, -0.2) is 9.97 Å². The van der Waals surface area contributed by atoms with E-state index in [2.05, 4.69) is 9.97 Å². The van der Waals surface area contributed by atoms with Crippen LogP contribution in [0.4, 0.5) is 0 Å². The molecule has 0 aliphatic rings. The standard InChI is InChI=1S/C11H9ClN2OS/c12-9-3-4-10(14-6-9)16-11-8(7-15)2-1-5-13-11/h1-6,15H,7H2. The van der Waals surface area contributed by atoms with Crippen LogP contribution in [0.25, 0.3) is 0 Å². The van der Waals surface area contributed by atoms with E-state index in [0.29, 0.717) is 5.02 Å². The van der Waals surface area contributed by atoms with Crippen LogP contribution in [0.5, 0.6) is 0 Å². The summed E-state index contributed by atoms with van der Waals surface area (Å²) in [6.07, 6.45) is 3.28. The van der Waals surface area contributed by atoms with E-state index < -0.39 is 0 Å². The van der Waals surface area contributed by atoms with Gasteiger partial charge in [0.2, 0.25) is 0 Å². The third kappa shape index (κ3) is 2.72. The van der Waals surface area contributed by atoms with Crippen molar-refractivity contribution in [3.63, 3.8) is 0 Å². The van der Waals surface area contributed by atoms with Crippen molar-refractivity contribution in [2.24, 2.45) is 0 Å². The molecule has 0 saturated carbocycles. The molecule has 2 aromatic heterocycles. The summed E-state index contributed by atoms with van der Waals surface area (Å²) in [5.41, 5.74) is 0.796. The van der Waals surface area contributed by atoms with Crippen LogP contribution >= 0.6 is 23.4 Å². The normalized spacial score (nSPS) is 10.4. The van der Waals surface area contributed by atoms with E-state index in [-0.39, 0.29) is 6.61 Å². The predicted octanol–water partition coefficient (Wildman–Crippen LogP) is 2.77. The highest BCUT2D eigenvalue weighted by atomic mass is 35.5. The van der Waals surface area contributed by atoms with Crippen molar-refractivity contribution in [3.05, 3.63) is 47.2 Å². The Kier molecular flexibility index (Phi) is 3.77. The van der Waals surface area contributed by atoms with Crippen LogP contribution in [-0.2, 0) is 6.61 Å². The number of hydrogen-bond acceptors (Lipinski definition) is 4. The van der Waals surface area contributed by atoms with Gasteiger partial charge >= 0.3 is 0 Å². The summed E-state index contributed by atoms with van der Waals surface area (Å²) in [5.74, 6) is 0. The molecule has 0 atom stereocenters. The molecule has 0 aromatic carbocycles. The Hall–Kier alpha value is -1.10. The zero-order valence-corrected chi connectivity index (χ0v) is 9.87. The molecule has 0 aliphatic carbocycles. The summed E-state index contributed by atoms with van der Waals surface area (Å²) in [5, 5.41) is 11.3. The van der Waals surface area contributed by atoms with E-state index in [0.717, 1.165) is 15.6 Å². The monoisotopic (exact) mass is 252 g/mol. The van der Waals surface area contributed by atoms with Gasteiger partial charge in [0.1, 0.15) is 10.1 Å². The van der Waals surface area contributed by atoms with Crippen LogP contribution in [0.1, 0.15) is 5.56 Å². The van der Waals surface area contributed by atoms with Crippen molar-refractivity contribution in [3.8, 4) is 0 Å². The number of aliphatic hydroxyl groups is 1. The maximum atomic E-state index is 9.15. The van der Waals surface area contributed by atoms with Crippen molar-refractivity contribution in [1.29, 1.82) is 0 Å². The fraction of sp³-hybridized carbons (Fsp3) is 0.0909. The molecule has 82 valence electrons. The Labute approximate surface area is 103 Å². The molecule has 2 aromatic rings. The van der Waals surface area contributed by atoms with Crippen LogP contribution in [-0.4, -0.2) is 15.1 Å². The average molecular weight is 253 g/mol. The average Bonchev–Trinajstić information content (AvgIpc) is 2.33.